The SMILES string of the molecule is C=CC=C(C=O)CC. The predicted octanol–water partition coefficient (Wildman–Crippen LogP) is 1.71. The molecule has 0 aromatic rings. The topological polar surface area (TPSA) is 17.1 Å². The molecule has 0 N–H and O–H groups in total. The van der Waals surface area contributed by atoms with E-state index >= 15 is 0 Å². The van der Waals surface area contributed by atoms with Crippen LogP contribution in [0.1, 0.15) is 13.3 Å². The van der Waals surface area contributed by atoms with E-state index < -0.39 is 0 Å². The highest BCUT2D eigenvalue weighted by Crippen LogP contribution is 1.93. The first-order valence-corrected chi connectivity index (χ1v) is 2.62. The van der Waals surface area contributed by atoms with Crippen LogP contribution in [0.5, 0.6) is 0 Å². The maximum atomic E-state index is 10.0. The zero-order valence-corrected chi connectivity index (χ0v) is 5.05. The summed E-state index contributed by atoms with van der Waals surface area (Å²) in [6, 6.07) is 0. The summed E-state index contributed by atoms with van der Waals surface area (Å²) in [5.74, 6) is 0. The second-order valence-electron chi connectivity index (χ2n) is 1.45. The van der Waals surface area contributed by atoms with E-state index in [4.69, 9.17) is 0 Å². The van der Waals surface area contributed by atoms with Crippen LogP contribution in [0, 0.1) is 0 Å². The Morgan fingerprint density at radius 3 is 2.50 bits per heavy atom. The number of rotatable bonds is 3. The minimum Gasteiger partial charge on any atom is -0.298 e. The molecule has 0 spiro atoms. The summed E-state index contributed by atoms with van der Waals surface area (Å²) in [6.07, 6.45) is 4.97. The fourth-order valence-corrected chi connectivity index (χ4v) is 0.392. The van der Waals surface area contributed by atoms with Crippen molar-refractivity contribution in [1.29, 1.82) is 0 Å². The number of hydrogen-bond acceptors (Lipinski definition) is 1. The summed E-state index contributed by atoms with van der Waals surface area (Å²) in [7, 11) is 0. The Balaban J connectivity index is 3.84. The van der Waals surface area contributed by atoms with Gasteiger partial charge in [-0.2, -0.15) is 0 Å². The molecule has 0 saturated carbocycles. The van der Waals surface area contributed by atoms with Crippen LogP contribution in [-0.4, -0.2) is 6.29 Å². The molecule has 0 bridgehead atoms. The molecular weight excluding hydrogens is 100 g/mol. The number of aldehydes is 1. The van der Waals surface area contributed by atoms with Crippen molar-refractivity contribution >= 4 is 6.29 Å². The molecule has 0 amide bonds. The quantitative estimate of drug-likeness (QED) is 0.307. The van der Waals surface area contributed by atoms with E-state index in [1.54, 1.807) is 12.2 Å². The molecule has 0 fully saturated rings. The first kappa shape index (κ1) is 7.15. The van der Waals surface area contributed by atoms with Crippen LogP contribution in [0.15, 0.2) is 24.3 Å². The lowest BCUT2D eigenvalue weighted by Crippen LogP contribution is -1.77. The lowest BCUT2D eigenvalue weighted by atomic mass is 10.2. The van der Waals surface area contributed by atoms with Crippen LogP contribution >= 0.6 is 0 Å². The second-order valence-corrected chi connectivity index (χ2v) is 1.45. The van der Waals surface area contributed by atoms with Gasteiger partial charge in [-0.3, -0.25) is 4.79 Å². The fourth-order valence-electron chi connectivity index (χ4n) is 0.392. The lowest BCUT2D eigenvalue weighted by molar-refractivity contribution is -0.105. The number of carbonyl (C=O) groups excluding carboxylic acids is 1. The van der Waals surface area contributed by atoms with Crippen LogP contribution in [0.25, 0.3) is 0 Å². The molecule has 0 unspecified atom stereocenters. The third-order valence-electron chi connectivity index (χ3n) is 0.892. The minimum atomic E-state index is 0.787. The largest absolute Gasteiger partial charge is 0.298 e. The number of carbonyl (C=O) groups is 1. The molecule has 0 aromatic heterocycles. The zero-order chi connectivity index (χ0) is 6.41. The van der Waals surface area contributed by atoms with Crippen molar-refractivity contribution in [3.8, 4) is 0 Å². The molecule has 1 heteroatoms. The van der Waals surface area contributed by atoms with E-state index in [2.05, 4.69) is 6.58 Å². The summed E-state index contributed by atoms with van der Waals surface area (Å²) in [5.41, 5.74) is 0.792. The van der Waals surface area contributed by atoms with Gasteiger partial charge in [0.15, 0.2) is 0 Å². The molecule has 0 rings (SSSR count). The van der Waals surface area contributed by atoms with Crippen LogP contribution in [0.2, 0.25) is 0 Å². The Kier molecular flexibility index (Phi) is 3.85. The molecule has 1 nitrogen and oxygen atoms in total. The molecule has 0 heterocycles. The Morgan fingerprint density at radius 2 is 2.38 bits per heavy atom. The van der Waals surface area contributed by atoms with E-state index in [0.717, 1.165) is 18.3 Å². The zero-order valence-electron chi connectivity index (χ0n) is 5.05. The highest BCUT2D eigenvalue weighted by molar-refractivity contribution is 5.73. The minimum absolute atomic E-state index is 0.787. The monoisotopic (exact) mass is 110 g/mol. The average Bonchev–Trinajstić information content (AvgIpc) is 1.83. The lowest BCUT2D eigenvalue weighted by Gasteiger charge is -1.85. The van der Waals surface area contributed by atoms with Gasteiger partial charge in [0, 0.05) is 0 Å². The summed E-state index contributed by atoms with van der Waals surface area (Å²) in [6.45, 7) is 5.40. The van der Waals surface area contributed by atoms with Crippen LogP contribution in [-0.2, 0) is 4.79 Å². The third-order valence-corrected chi connectivity index (χ3v) is 0.892. The Bertz CT molecular complexity index is 112. The Hall–Kier alpha value is -0.850. The van der Waals surface area contributed by atoms with Crippen molar-refractivity contribution in [2.45, 2.75) is 13.3 Å². The van der Waals surface area contributed by atoms with Crippen molar-refractivity contribution in [1.82, 2.24) is 0 Å². The molecular formula is C7H10O. The van der Waals surface area contributed by atoms with E-state index in [9.17, 15) is 4.79 Å². The molecule has 0 aliphatic rings. The number of allylic oxidation sites excluding steroid dienone is 3. The van der Waals surface area contributed by atoms with Gasteiger partial charge in [-0.15, -0.1) is 0 Å². The maximum Gasteiger partial charge on any atom is 0.146 e. The molecule has 8 heavy (non-hydrogen) atoms. The number of hydrogen-bond donors (Lipinski definition) is 0. The van der Waals surface area contributed by atoms with Crippen molar-refractivity contribution in [2.75, 3.05) is 0 Å². The summed E-state index contributed by atoms with van der Waals surface area (Å²) < 4.78 is 0. The van der Waals surface area contributed by atoms with Gasteiger partial charge in [-0.1, -0.05) is 25.7 Å². The van der Waals surface area contributed by atoms with Gasteiger partial charge in [0.25, 0.3) is 0 Å². The van der Waals surface area contributed by atoms with Crippen molar-refractivity contribution in [3.63, 3.8) is 0 Å². The molecule has 44 valence electrons. The molecule has 0 aromatic carbocycles. The maximum absolute atomic E-state index is 10.0. The second kappa shape index (κ2) is 4.31. The van der Waals surface area contributed by atoms with Crippen molar-refractivity contribution in [3.05, 3.63) is 24.3 Å². The van der Waals surface area contributed by atoms with Gasteiger partial charge in [-0.25, -0.2) is 0 Å². The standard InChI is InChI=1S/C7H10O/c1-3-5-7(4-2)6-8/h3,5-6H,1,4H2,2H3. The van der Waals surface area contributed by atoms with Gasteiger partial charge in [0.05, 0.1) is 0 Å². The molecule has 0 saturated heterocycles. The van der Waals surface area contributed by atoms with E-state index in [-0.39, 0.29) is 0 Å². The van der Waals surface area contributed by atoms with Gasteiger partial charge in [-0.05, 0) is 12.0 Å². The highest BCUT2D eigenvalue weighted by Gasteiger charge is 1.83. The van der Waals surface area contributed by atoms with Crippen LogP contribution in [0.4, 0.5) is 0 Å². The molecule has 0 aliphatic heterocycles. The fraction of sp³-hybridized carbons (Fsp3) is 0.286. The van der Waals surface area contributed by atoms with Gasteiger partial charge >= 0.3 is 0 Å². The smallest absolute Gasteiger partial charge is 0.146 e. The highest BCUT2D eigenvalue weighted by atomic mass is 16.1. The molecule has 0 aliphatic carbocycles. The summed E-state index contributed by atoms with van der Waals surface area (Å²) in [4.78, 5) is 10.0. The van der Waals surface area contributed by atoms with Crippen LogP contribution < -0.4 is 0 Å². The first-order valence-electron chi connectivity index (χ1n) is 2.62. The first-order chi connectivity index (χ1) is 3.85. The summed E-state index contributed by atoms with van der Waals surface area (Å²) in [5, 5.41) is 0. The summed E-state index contributed by atoms with van der Waals surface area (Å²) >= 11 is 0. The molecule has 0 radical (unpaired) electrons. The molecule has 0 atom stereocenters. The van der Waals surface area contributed by atoms with Crippen molar-refractivity contribution in [2.24, 2.45) is 0 Å². The normalized spacial score (nSPS) is 10.9. The third kappa shape index (κ3) is 2.35. The van der Waals surface area contributed by atoms with E-state index in [0.29, 0.717) is 0 Å². The van der Waals surface area contributed by atoms with Gasteiger partial charge in [0.1, 0.15) is 6.29 Å². The Labute approximate surface area is 49.7 Å². The van der Waals surface area contributed by atoms with E-state index in [1.165, 1.54) is 0 Å². The Morgan fingerprint density at radius 1 is 1.75 bits per heavy atom. The van der Waals surface area contributed by atoms with Gasteiger partial charge < -0.3 is 0 Å². The van der Waals surface area contributed by atoms with Gasteiger partial charge in [0.2, 0.25) is 0 Å². The van der Waals surface area contributed by atoms with Crippen LogP contribution in [0.3, 0.4) is 0 Å². The van der Waals surface area contributed by atoms with Crippen molar-refractivity contribution < 1.29 is 4.79 Å². The average molecular weight is 110 g/mol. The predicted molar refractivity (Wildman–Crippen MR) is 34.6 cm³/mol. The van der Waals surface area contributed by atoms with E-state index in [1.807, 2.05) is 6.92 Å².